The Balaban J connectivity index is 2.99. The number of aromatic nitrogens is 2. The van der Waals surface area contributed by atoms with Crippen LogP contribution in [0.3, 0.4) is 0 Å². The van der Waals surface area contributed by atoms with Crippen molar-refractivity contribution >= 4 is 11.6 Å². The summed E-state index contributed by atoms with van der Waals surface area (Å²) in [6, 6.07) is 0.296. The van der Waals surface area contributed by atoms with Crippen LogP contribution in [-0.4, -0.2) is 40.8 Å². The van der Waals surface area contributed by atoms with Gasteiger partial charge in [0.15, 0.2) is 0 Å². The maximum Gasteiger partial charge on any atom is 0.137 e. The molecule has 0 aromatic carbocycles. The predicted octanol–water partition coefficient (Wildman–Crippen LogP) is 1.81. The predicted molar refractivity (Wildman–Crippen MR) is 75.1 cm³/mol. The van der Waals surface area contributed by atoms with E-state index in [0.717, 1.165) is 30.2 Å². The van der Waals surface area contributed by atoms with Gasteiger partial charge in [0.1, 0.15) is 18.0 Å². The van der Waals surface area contributed by atoms with E-state index in [1.54, 1.807) is 6.33 Å². The molecule has 0 aliphatic rings. The standard InChI is InChI=1S/C13H24N4O/c1-5-6-14-12-11(4)13(16-9-15-12)17(7-8-18)10(2)3/h9-10,18H,5-8H2,1-4H3,(H,14,15,16). The van der Waals surface area contributed by atoms with E-state index in [0.29, 0.717) is 12.6 Å². The van der Waals surface area contributed by atoms with Crippen LogP contribution in [0.5, 0.6) is 0 Å². The number of aliphatic hydroxyl groups excluding tert-OH is 1. The maximum absolute atomic E-state index is 9.15. The summed E-state index contributed by atoms with van der Waals surface area (Å²) in [5.74, 6) is 1.78. The van der Waals surface area contributed by atoms with Crippen molar-refractivity contribution in [1.82, 2.24) is 9.97 Å². The quantitative estimate of drug-likeness (QED) is 0.775. The lowest BCUT2D eigenvalue weighted by Gasteiger charge is -2.28. The maximum atomic E-state index is 9.15. The molecule has 1 aromatic heterocycles. The molecule has 0 aliphatic heterocycles. The van der Waals surface area contributed by atoms with E-state index >= 15 is 0 Å². The molecule has 0 amide bonds. The van der Waals surface area contributed by atoms with E-state index < -0.39 is 0 Å². The van der Waals surface area contributed by atoms with Gasteiger partial charge in [-0.1, -0.05) is 6.92 Å². The Kier molecular flexibility index (Phi) is 5.85. The number of nitrogens with one attached hydrogen (secondary N) is 1. The van der Waals surface area contributed by atoms with Crippen LogP contribution in [0.25, 0.3) is 0 Å². The number of hydrogen-bond acceptors (Lipinski definition) is 5. The molecule has 0 fully saturated rings. The Morgan fingerprint density at radius 1 is 1.39 bits per heavy atom. The lowest BCUT2D eigenvalue weighted by atomic mass is 10.2. The van der Waals surface area contributed by atoms with Crippen molar-refractivity contribution in [2.24, 2.45) is 0 Å². The second-order valence-electron chi connectivity index (χ2n) is 4.61. The molecule has 0 bridgehead atoms. The number of anilines is 2. The molecule has 0 aliphatic carbocycles. The van der Waals surface area contributed by atoms with Crippen molar-refractivity contribution in [3.05, 3.63) is 11.9 Å². The Labute approximate surface area is 109 Å². The van der Waals surface area contributed by atoms with E-state index in [4.69, 9.17) is 5.11 Å². The lowest BCUT2D eigenvalue weighted by molar-refractivity contribution is 0.298. The summed E-state index contributed by atoms with van der Waals surface area (Å²) in [7, 11) is 0. The molecular weight excluding hydrogens is 228 g/mol. The van der Waals surface area contributed by atoms with Crippen molar-refractivity contribution in [3.8, 4) is 0 Å². The summed E-state index contributed by atoms with van der Waals surface area (Å²) < 4.78 is 0. The largest absolute Gasteiger partial charge is 0.395 e. The number of aliphatic hydroxyl groups is 1. The van der Waals surface area contributed by atoms with Crippen molar-refractivity contribution < 1.29 is 5.11 Å². The second kappa shape index (κ2) is 7.16. The fourth-order valence-corrected chi connectivity index (χ4v) is 1.87. The fraction of sp³-hybridized carbons (Fsp3) is 0.692. The van der Waals surface area contributed by atoms with Crippen LogP contribution in [0.2, 0.25) is 0 Å². The van der Waals surface area contributed by atoms with Crippen LogP contribution in [0.1, 0.15) is 32.8 Å². The summed E-state index contributed by atoms with van der Waals surface area (Å²) in [6.45, 7) is 9.93. The molecule has 1 aromatic rings. The molecular formula is C13H24N4O. The highest BCUT2D eigenvalue weighted by atomic mass is 16.3. The Bertz CT molecular complexity index is 368. The van der Waals surface area contributed by atoms with E-state index in [-0.39, 0.29) is 6.61 Å². The van der Waals surface area contributed by atoms with Gasteiger partial charge < -0.3 is 15.3 Å². The molecule has 2 N–H and O–H groups in total. The third-order valence-corrected chi connectivity index (χ3v) is 2.84. The molecule has 102 valence electrons. The van der Waals surface area contributed by atoms with E-state index in [1.807, 2.05) is 6.92 Å². The fourth-order valence-electron chi connectivity index (χ4n) is 1.87. The van der Waals surface area contributed by atoms with Gasteiger partial charge in [-0.25, -0.2) is 9.97 Å². The van der Waals surface area contributed by atoms with Crippen LogP contribution in [0.15, 0.2) is 6.33 Å². The van der Waals surface area contributed by atoms with Gasteiger partial charge in [0.2, 0.25) is 0 Å². The summed E-state index contributed by atoms with van der Waals surface area (Å²) in [5.41, 5.74) is 1.04. The highest BCUT2D eigenvalue weighted by Crippen LogP contribution is 2.23. The number of hydrogen-bond donors (Lipinski definition) is 2. The molecule has 18 heavy (non-hydrogen) atoms. The molecule has 1 rings (SSSR count). The van der Waals surface area contributed by atoms with Gasteiger partial charge in [-0.05, 0) is 27.2 Å². The van der Waals surface area contributed by atoms with E-state index in [2.05, 4.69) is 41.0 Å². The van der Waals surface area contributed by atoms with Crippen molar-refractivity contribution in [1.29, 1.82) is 0 Å². The van der Waals surface area contributed by atoms with Gasteiger partial charge in [-0.15, -0.1) is 0 Å². The van der Waals surface area contributed by atoms with Crippen LogP contribution in [0.4, 0.5) is 11.6 Å². The summed E-state index contributed by atoms with van der Waals surface area (Å²) >= 11 is 0. The topological polar surface area (TPSA) is 61.3 Å². The van der Waals surface area contributed by atoms with Crippen LogP contribution in [-0.2, 0) is 0 Å². The monoisotopic (exact) mass is 252 g/mol. The van der Waals surface area contributed by atoms with Gasteiger partial charge in [0, 0.05) is 24.7 Å². The SMILES string of the molecule is CCCNc1ncnc(N(CCO)C(C)C)c1C. The smallest absolute Gasteiger partial charge is 0.137 e. The molecule has 5 heteroatoms. The zero-order chi connectivity index (χ0) is 13.5. The van der Waals surface area contributed by atoms with Gasteiger partial charge in [0.25, 0.3) is 0 Å². The zero-order valence-corrected chi connectivity index (χ0v) is 11.8. The first-order valence-corrected chi connectivity index (χ1v) is 6.54. The zero-order valence-electron chi connectivity index (χ0n) is 11.8. The summed E-state index contributed by atoms with van der Waals surface area (Å²) in [6.07, 6.45) is 2.64. The molecule has 0 spiro atoms. The second-order valence-corrected chi connectivity index (χ2v) is 4.61. The van der Waals surface area contributed by atoms with Crippen molar-refractivity contribution in [2.75, 3.05) is 29.9 Å². The van der Waals surface area contributed by atoms with Gasteiger partial charge in [0.05, 0.1) is 6.61 Å². The van der Waals surface area contributed by atoms with Gasteiger partial charge in [-0.2, -0.15) is 0 Å². The molecule has 1 heterocycles. The number of rotatable bonds is 7. The van der Waals surface area contributed by atoms with Crippen LogP contribution in [0, 0.1) is 6.92 Å². The van der Waals surface area contributed by atoms with E-state index in [1.165, 1.54) is 0 Å². The minimum absolute atomic E-state index is 0.124. The first-order valence-electron chi connectivity index (χ1n) is 6.54. The minimum Gasteiger partial charge on any atom is -0.395 e. The molecule has 5 nitrogen and oxygen atoms in total. The molecule has 0 atom stereocenters. The highest BCUT2D eigenvalue weighted by molar-refractivity contribution is 5.58. The average molecular weight is 252 g/mol. The Hall–Kier alpha value is -1.36. The van der Waals surface area contributed by atoms with Crippen LogP contribution >= 0.6 is 0 Å². The van der Waals surface area contributed by atoms with Gasteiger partial charge >= 0.3 is 0 Å². The average Bonchev–Trinajstić information content (AvgIpc) is 2.35. The first kappa shape index (κ1) is 14.7. The Morgan fingerprint density at radius 2 is 2.11 bits per heavy atom. The third-order valence-electron chi connectivity index (χ3n) is 2.84. The van der Waals surface area contributed by atoms with Gasteiger partial charge in [-0.3, -0.25) is 0 Å². The summed E-state index contributed by atoms with van der Waals surface area (Å²) in [5, 5.41) is 12.4. The molecule has 0 saturated heterocycles. The molecule has 0 radical (unpaired) electrons. The molecule has 0 saturated carbocycles. The van der Waals surface area contributed by atoms with Crippen molar-refractivity contribution in [3.63, 3.8) is 0 Å². The van der Waals surface area contributed by atoms with Crippen molar-refractivity contribution in [2.45, 2.75) is 40.2 Å². The summed E-state index contributed by atoms with van der Waals surface area (Å²) in [4.78, 5) is 10.7. The molecule has 0 unspecified atom stereocenters. The Morgan fingerprint density at radius 3 is 2.67 bits per heavy atom. The first-order chi connectivity index (χ1) is 8.61. The highest BCUT2D eigenvalue weighted by Gasteiger charge is 2.16. The van der Waals surface area contributed by atoms with Crippen LogP contribution < -0.4 is 10.2 Å². The minimum atomic E-state index is 0.124. The third kappa shape index (κ3) is 3.57. The van der Waals surface area contributed by atoms with E-state index in [9.17, 15) is 0 Å². The number of nitrogens with zero attached hydrogens (tertiary/aromatic N) is 3. The normalized spacial score (nSPS) is 10.8. The lowest BCUT2D eigenvalue weighted by Crippen LogP contribution is -2.35.